The summed E-state index contributed by atoms with van der Waals surface area (Å²) in [6, 6.07) is 5.92. The minimum Gasteiger partial charge on any atom is -0.495 e. The second-order valence-corrected chi connectivity index (χ2v) is 5.58. The van der Waals surface area contributed by atoms with E-state index in [0.717, 1.165) is 40.5 Å². The van der Waals surface area contributed by atoms with E-state index in [0.29, 0.717) is 0 Å². The van der Waals surface area contributed by atoms with Crippen molar-refractivity contribution >= 4 is 27.6 Å². The van der Waals surface area contributed by atoms with Gasteiger partial charge in [-0.25, -0.2) is 4.98 Å². The number of halogens is 1. The summed E-state index contributed by atoms with van der Waals surface area (Å²) in [4.78, 5) is 4.54. The molecule has 0 radical (unpaired) electrons. The minimum absolute atomic E-state index is 0.804. The molecule has 0 aliphatic heterocycles. The Morgan fingerprint density at radius 3 is 2.90 bits per heavy atom. The van der Waals surface area contributed by atoms with Crippen LogP contribution < -0.4 is 10.1 Å². The van der Waals surface area contributed by atoms with E-state index >= 15 is 0 Å². The first-order chi connectivity index (χ1) is 9.63. The molecule has 0 saturated heterocycles. The quantitative estimate of drug-likeness (QED) is 0.842. The van der Waals surface area contributed by atoms with Crippen molar-refractivity contribution in [2.24, 2.45) is 0 Å². The zero-order valence-corrected chi connectivity index (χ0v) is 13.7. The first kappa shape index (κ1) is 14.9. The van der Waals surface area contributed by atoms with E-state index in [2.05, 4.69) is 43.9 Å². The zero-order chi connectivity index (χ0) is 14.5. The van der Waals surface area contributed by atoms with Crippen molar-refractivity contribution in [2.75, 3.05) is 12.4 Å². The van der Waals surface area contributed by atoms with Crippen LogP contribution in [0.4, 0.5) is 11.6 Å². The first-order valence-electron chi connectivity index (χ1n) is 6.78. The second-order valence-electron chi connectivity index (χ2n) is 4.73. The topological polar surface area (TPSA) is 39.1 Å². The highest BCUT2D eigenvalue weighted by atomic mass is 79.9. The van der Waals surface area contributed by atoms with Gasteiger partial charge in [0.25, 0.3) is 0 Å². The number of rotatable bonds is 6. The molecular weight excluding hydrogens is 318 g/mol. The van der Waals surface area contributed by atoms with Crippen LogP contribution >= 0.6 is 15.9 Å². The zero-order valence-electron chi connectivity index (χ0n) is 12.1. The molecule has 1 N–H and O–H groups in total. The third-order valence-electron chi connectivity index (χ3n) is 3.06. The molecule has 2 aromatic rings. The lowest BCUT2D eigenvalue weighted by atomic mass is 10.3. The summed E-state index contributed by atoms with van der Waals surface area (Å²) in [5, 5.41) is 3.36. The molecule has 0 unspecified atom stereocenters. The summed E-state index contributed by atoms with van der Waals surface area (Å²) in [6.07, 6.45) is 4.39. The molecule has 0 aliphatic carbocycles. The van der Waals surface area contributed by atoms with Crippen LogP contribution in [0.25, 0.3) is 0 Å². The van der Waals surface area contributed by atoms with E-state index in [9.17, 15) is 0 Å². The third kappa shape index (κ3) is 3.54. The molecule has 1 heterocycles. The lowest BCUT2D eigenvalue weighted by Crippen LogP contribution is -2.03. The molecule has 2 rings (SSSR count). The van der Waals surface area contributed by atoms with Gasteiger partial charge in [-0.05, 0) is 41.4 Å². The predicted molar refractivity (Wildman–Crippen MR) is 85.8 cm³/mol. The Kier molecular flexibility index (Phi) is 5.06. The Bertz CT molecular complexity index is 580. The standard InChI is InChI=1S/C15H20BrN3O/c1-4-5-8-19-10-11(2)17-15(19)18-12-6-7-13(16)14(9-12)20-3/h6-7,9-10H,4-5,8H2,1-3H3,(H,17,18). The van der Waals surface area contributed by atoms with Crippen LogP contribution in [-0.2, 0) is 6.54 Å². The molecule has 1 aromatic heterocycles. The van der Waals surface area contributed by atoms with Gasteiger partial charge in [0.2, 0.25) is 5.95 Å². The van der Waals surface area contributed by atoms with Crippen molar-refractivity contribution in [2.45, 2.75) is 33.2 Å². The van der Waals surface area contributed by atoms with Crippen molar-refractivity contribution in [3.63, 3.8) is 0 Å². The summed E-state index contributed by atoms with van der Waals surface area (Å²) in [5.74, 6) is 1.68. The molecule has 0 aliphatic rings. The summed E-state index contributed by atoms with van der Waals surface area (Å²) in [7, 11) is 1.66. The van der Waals surface area contributed by atoms with E-state index < -0.39 is 0 Å². The molecule has 0 atom stereocenters. The van der Waals surface area contributed by atoms with Gasteiger partial charge in [-0.2, -0.15) is 0 Å². The van der Waals surface area contributed by atoms with Crippen LogP contribution in [0.1, 0.15) is 25.5 Å². The van der Waals surface area contributed by atoms with E-state index in [1.807, 2.05) is 25.1 Å². The van der Waals surface area contributed by atoms with Crippen LogP contribution in [0.3, 0.4) is 0 Å². The lowest BCUT2D eigenvalue weighted by molar-refractivity contribution is 0.412. The van der Waals surface area contributed by atoms with Crippen LogP contribution in [0.2, 0.25) is 0 Å². The molecule has 0 bridgehead atoms. The van der Waals surface area contributed by atoms with Crippen LogP contribution in [-0.4, -0.2) is 16.7 Å². The highest BCUT2D eigenvalue weighted by Crippen LogP contribution is 2.29. The fourth-order valence-corrected chi connectivity index (χ4v) is 2.42. The number of unbranched alkanes of at least 4 members (excludes halogenated alkanes) is 1. The van der Waals surface area contributed by atoms with Crippen molar-refractivity contribution in [1.29, 1.82) is 0 Å². The van der Waals surface area contributed by atoms with E-state index in [-0.39, 0.29) is 0 Å². The molecule has 0 amide bonds. The van der Waals surface area contributed by atoms with Gasteiger partial charge in [0.15, 0.2) is 0 Å². The maximum absolute atomic E-state index is 5.31. The average molecular weight is 338 g/mol. The monoisotopic (exact) mass is 337 g/mol. The van der Waals surface area contributed by atoms with Crippen molar-refractivity contribution in [3.05, 3.63) is 34.6 Å². The third-order valence-corrected chi connectivity index (χ3v) is 3.71. The Morgan fingerprint density at radius 2 is 2.20 bits per heavy atom. The van der Waals surface area contributed by atoms with Crippen molar-refractivity contribution in [3.8, 4) is 5.75 Å². The summed E-state index contributed by atoms with van der Waals surface area (Å²) in [5.41, 5.74) is 1.99. The number of imidazole rings is 1. The lowest BCUT2D eigenvalue weighted by Gasteiger charge is -2.11. The molecule has 0 spiro atoms. The van der Waals surface area contributed by atoms with Gasteiger partial charge >= 0.3 is 0 Å². The SMILES string of the molecule is CCCCn1cc(C)nc1Nc1ccc(Br)c(OC)c1. The number of benzene rings is 1. The van der Waals surface area contributed by atoms with E-state index in [4.69, 9.17) is 4.74 Å². The molecule has 108 valence electrons. The Balaban J connectivity index is 2.20. The predicted octanol–water partition coefficient (Wildman–Crippen LogP) is 4.51. The summed E-state index contributed by atoms with van der Waals surface area (Å²) in [6.45, 7) is 5.18. The number of methoxy groups -OCH3 is 1. The Hall–Kier alpha value is -1.49. The number of nitrogens with one attached hydrogen (secondary N) is 1. The number of nitrogens with zero attached hydrogens (tertiary/aromatic N) is 2. The van der Waals surface area contributed by atoms with Crippen LogP contribution in [0, 0.1) is 6.92 Å². The number of aromatic nitrogens is 2. The molecule has 20 heavy (non-hydrogen) atoms. The molecule has 4 nitrogen and oxygen atoms in total. The molecular formula is C15H20BrN3O. The van der Waals surface area contributed by atoms with Gasteiger partial charge in [0.1, 0.15) is 5.75 Å². The van der Waals surface area contributed by atoms with Gasteiger partial charge in [-0.3, -0.25) is 0 Å². The second kappa shape index (κ2) is 6.79. The van der Waals surface area contributed by atoms with Gasteiger partial charge in [-0.15, -0.1) is 0 Å². The highest BCUT2D eigenvalue weighted by Gasteiger charge is 2.07. The number of aryl methyl sites for hydroxylation is 2. The summed E-state index contributed by atoms with van der Waals surface area (Å²) < 4.78 is 8.41. The fourth-order valence-electron chi connectivity index (χ4n) is 2.01. The molecule has 0 saturated carbocycles. The smallest absolute Gasteiger partial charge is 0.207 e. The van der Waals surface area contributed by atoms with Gasteiger partial charge in [0.05, 0.1) is 17.3 Å². The summed E-state index contributed by atoms with van der Waals surface area (Å²) >= 11 is 3.46. The van der Waals surface area contributed by atoms with Crippen LogP contribution in [0.15, 0.2) is 28.9 Å². The Labute approximate surface area is 128 Å². The largest absolute Gasteiger partial charge is 0.495 e. The van der Waals surface area contributed by atoms with E-state index in [1.54, 1.807) is 7.11 Å². The first-order valence-corrected chi connectivity index (χ1v) is 7.57. The van der Waals surface area contributed by atoms with Gasteiger partial charge in [0, 0.05) is 24.5 Å². The average Bonchev–Trinajstić information content (AvgIpc) is 2.78. The van der Waals surface area contributed by atoms with Crippen LogP contribution in [0.5, 0.6) is 5.75 Å². The maximum atomic E-state index is 5.31. The highest BCUT2D eigenvalue weighted by molar-refractivity contribution is 9.10. The van der Waals surface area contributed by atoms with Crippen molar-refractivity contribution < 1.29 is 4.74 Å². The number of hydrogen-bond donors (Lipinski definition) is 1. The number of hydrogen-bond acceptors (Lipinski definition) is 3. The molecule has 0 fully saturated rings. The Morgan fingerprint density at radius 1 is 1.40 bits per heavy atom. The molecule has 5 heteroatoms. The molecule has 1 aromatic carbocycles. The van der Waals surface area contributed by atoms with E-state index in [1.165, 1.54) is 6.42 Å². The minimum atomic E-state index is 0.804. The van der Waals surface area contributed by atoms with Gasteiger partial charge < -0.3 is 14.6 Å². The fraction of sp³-hybridized carbons (Fsp3) is 0.400. The number of ether oxygens (including phenoxy) is 1. The van der Waals surface area contributed by atoms with Crippen molar-refractivity contribution in [1.82, 2.24) is 9.55 Å². The number of anilines is 2. The normalized spacial score (nSPS) is 10.6. The van der Waals surface area contributed by atoms with Gasteiger partial charge in [-0.1, -0.05) is 13.3 Å². The maximum Gasteiger partial charge on any atom is 0.207 e.